The number of carbonyl (C=O) groups excluding carboxylic acids is 2. The van der Waals surface area contributed by atoms with Crippen LogP contribution in [0.25, 0.3) is 16.4 Å². The van der Waals surface area contributed by atoms with Crippen LogP contribution in [0.1, 0.15) is 21.1 Å². The monoisotopic (exact) mass is 378 g/mol. The van der Waals surface area contributed by atoms with Crippen molar-refractivity contribution in [2.24, 2.45) is 0 Å². The topological polar surface area (TPSA) is 105 Å². The number of hydrazine groups is 1. The molecular weight excluding hydrogens is 364 g/mol. The number of H-pyrrole nitrogens is 1. The van der Waals surface area contributed by atoms with E-state index in [1.165, 1.54) is 11.3 Å². The molecule has 0 atom stereocenters. The van der Waals surface area contributed by atoms with Gasteiger partial charge in [0.15, 0.2) is 5.82 Å². The first-order valence-electron chi connectivity index (χ1n) is 8.03. The van der Waals surface area contributed by atoms with E-state index >= 15 is 0 Å². The van der Waals surface area contributed by atoms with E-state index in [-0.39, 0.29) is 5.82 Å². The summed E-state index contributed by atoms with van der Waals surface area (Å²) >= 11 is 1.50. The lowest BCUT2D eigenvalue weighted by Crippen LogP contribution is -2.42. The molecular formula is C18H14N6O2S. The Bertz CT molecular complexity index is 1050. The summed E-state index contributed by atoms with van der Waals surface area (Å²) in [6.07, 6.45) is 1.62. The van der Waals surface area contributed by atoms with Crippen LogP contribution in [0, 0.1) is 0 Å². The zero-order valence-electron chi connectivity index (χ0n) is 13.9. The molecule has 2 amide bonds. The molecule has 0 saturated heterocycles. The number of aromatic amines is 1. The van der Waals surface area contributed by atoms with E-state index in [1.54, 1.807) is 23.0 Å². The normalized spacial score (nSPS) is 10.5. The minimum atomic E-state index is -0.609. The van der Waals surface area contributed by atoms with Gasteiger partial charge in [-0.15, -0.1) is 16.4 Å². The van der Waals surface area contributed by atoms with Crippen LogP contribution in [0.5, 0.6) is 0 Å². The second kappa shape index (κ2) is 7.26. The number of nitrogens with one attached hydrogen (secondary N) is 3. The first-order chi connectivity index (χ1) is 13.2. The second-order valence-corrected chi connectivity index (χ2v) is 6.42. The lowest BCUT2D eigenvalue weighted by atomic mass is 10.3. The molecule has 0 aliphatic rings. The van der Waals surface area contributed by atoms with Gasteiger partial charge in [-0.25, -0.2) is 9.67 Å². The van der Waals surface area contributed by atoms with E-state index in [0.29, 0.717) is 11.5 Å². The highest BCUT2D eigenvalue weighted by Gasteiger charge is 2.20. The van der Waals surface area contributed by atoms with Crippen molar-refractivity contribution in [3.05, 3.63) is 77.7 Å². The van der Waals surface area contributed by atoms with Gasteiger partial charge in [-0.05, 0) is 35.7 Å². The van der Waals surface area contributed by atoms with Crippen LogP contribution in [-0.2, 0) is 0 Å². The molecule has 0 unspecified atom stereocenters. The molecule has 27 heavy (non-hydrogen) atoms. The predicted octanol–water partition coefficient (Wildman–Crippen LogP) is 2.40. The van der Waals surface area contributed by atoms with E-state index in [4.69, 9.17) is 0 Å². The van der Waals surface area contributed by atoms with Gasteiger partial charge in [0.25, 0.3) is 5.91 Å². The molecule has 0 radical (unpaired) electrons. The van der Waals surface area contributed by atoms with Gasteiger partial charge in [0.05, 0.1) is 10.6 Å². The molecule has 4 rings (SSSR count). The summed E-state index contributed by atoms with van der Waals surface area (Å²) in [4.78, 5) is 32.3. The summed E-state index contributed by atoms with van der Waals surface area (Å²) in [5.74, 6) is -0.567. The quantitative estimate of drug-likeness (QED) is 0.474. The number of rotatable bonds is 4. The van der Waals surface area contributed by atoms with E-state index in [0.717, 1.165) is 10.6 Å². The maximum Gasteiger partial charge on any atom is 0.309 e. The Morgan fingerprint density at radius 2 is 1.78 bits per heavy atom. The molecule has 0 aliphatic carbocycles. The SMILES string of the molecule is O=C(NNC(=O)c1ccc[nH]1)c1nc(-c2cccs2)n(-c2ccccc2)n1. The van der Waals surface area contributed by atoms with Crippen LogP contribution in [-0.4, -0.2) is 31.6 Å². The van der Waals surface area contributed by atoms with Gasteiger partial charge in [0, 0.05) is 6.20 Å². The molecule has 0 fully saturated rings. The zero-order chi connectivity index (χ0) is 18.6. The molecule has 0 saturated carbocycles. The molecule has 9 heteroatoms. The van der Waals surface area contributed by atoms with Crippen molar-refractivity contribution in [2.75, 3.05) is 0 Å². The van der Waals surface area contributed by atoms with Gasteiger partial charge in [0.1, 0.15) is 5.69 Å². The Balaban J connectivity index is 1.59. The first-order valence-corrected chi connectivity index (χ1v) is 8.91. The van der Waals surface area contributed by atoms with Crippen molar-refractivity contribution in [1.29, 1.82) is 0 Å². The zero-order valence-corrected chi connectivity index (χ0v) is 14.7. The summed E-state index contributed by atoms with van der Waals surface area (Å²) in [6, 6.07) is 16.5. The fraction of sp³-hybridized carbons (Fsp3) is 0. The average molecular weight is 378 g/mol. The first kappa shape index (κ1) is 16.7. The number of hydrogen-bond acceptors (Lipinski definition) is 5. The summed E-state index contributed by atoms with van der Waals surface area (Å²) in [5.41, 5.74) is 5.77. The molecule has 0 aliphatic heterocycles. The van der Waals surface area contributed by atoms with Crippen LogP contribution in [0.15, 0.2) is 66.2 Å². The van der Waals surface area contributed by atoms with Crippen molar-refractivity contribution in [3.8, 4) is 16.4 Å². The van der Waals surface area contributed by atoms with Gasteiger partial charge in [-0.1, -0.05) is 24.3 Å². The average Bonchev–Trinajstić information content (AvgIpc) is 3.47. The lowest BCUT2D eigenvalue weighted by molar-refractivity contribution is 0.0838. The number of carbonyl (C=O) groups is 2. The third-order valence-corrected chi connectivity index (χ3v) is 4.55. The number of amides is 2. The van der Waals surface area contributed by atoms with E-state index in [2.05, 4.69) is 25.9 Å². The predicted molar refractivity (Wildman–Crippen MR) is 100 cm³/mol. The molecule has 3 heterocycles. The highest BCUT2D eigenvalue weighted by atomic mass is 32.1. The van der Waals surface area contributed by atoms with E-state index < -0.39 is 11.8 Å². The summed E-state index contributed by atoms with van der Waals surface area (Å²) in [6.45, 7) is 0. The fourth-order valence-corrected chi connectivity index (χ4v) is 3.13. The number of benzene rings is 1. The maximum atomic E-state index is 12.4. The van der Waals surface area contributed by atoms with Crippen LogP contribution in [0.2, 0.25) is 0 Å². The minimum Gasteiger partial charge on any atom is -0.357 e. The molecule has 0 bridgehead atoms. The Morgan fingerprint density at radius 1 is 0.963 bits per heavy atom. The van der Waals surface area contributed by atoms with E-state index in [9.17, 15) is 9.59 Å². The Hall–Kier alpha value is -3.72. The Kier molecular flexibility index (Phi) is 4.50. The molecule has 3 N–H and O–H groups in total. The highest BCUT2D eigenvalue weighted by Crippen LogP contribution is 2.25. The third kappa shape index (κ3) is 3.48. The fourth-order valence-electron chi connectivity index (χ4n) is 2.43. The number of hydrogen-bond donors (Lipinski definition) is 3. The lowest BCUT2D eigenvalue weighted by Gasteiger charge is -2.04. The summed E-state index contributed by atoms with van der Waals surface area (Å²) in [5, 5.41) is 6.24. The second-order valence-electron chi connectivity index (χ2n) is 5.48. The van der Waals surface area contributed by atoms with Crippen molar-refractivity contribution >= 4 is 23.2 Å². The smallest absolute Gasteiger partial charge is 0.309 e. The van der Waals surface area contributed by atoms with E-state index in [1.807, 2.05) is 47.8 Å². The van der Waals surface area contributed by atoms with Crippen molar-refractivity contribution in [3.63, 3.8) is 0 Å². The molecule has 0 spiro atoms. The molecule has 8 nitrogen and oxygen atoms in total. The minimum absolute atomic E-state index is 0.0472. The maximum absolute atomic E-state index is 12.4. The summed E-state index contributed by atoms with van der Waals surface area (Å²) in [7, 11) is 0. The number of para-hydroxylation sites is 1. The summed E-state index contributed by atoms with van der Waals surface area (Å²) < 4.78 is 1.60. The van der Waals surface area contributed by atoms with Crippen LogP contribution in [0.4, 0.5) is 0 Å². The van der Waals surface area contributed by atoms with Crippen LogP contribution >= 0.6 is 11.3 Å². The van der Waals surface area contributed by atoms with Gasteiger partial charge < -0.3 is 4.98 Å². The van der Waals surface area contributed by atoms with Gasteiger partial charge in [-0.2, -0.15) is 0 Å². The Labute approximate surface area is 157 Å². The molecule has 3 aromatic heterocycles. The van der Waals surface area contributed by atoms with Gasteiger partial charge >= 0.3 is 5.91 Å². The Morgan fingerprint density at radius 3 is 2.48 bits per heavy atom. The van der Waals surface area contributed by atoms with Crippen molar-refractivity contribution in [1.82, 2.24) is 30.6 Å². The number of thiophene rings is 1. The number of aromatic nitrogens is 4. The van der Waals surface area contributed by atoms with Crippen LogP contribution in [0.3, 0.4) is 0 Å². The van der Waals surface area contributed by atoms with Gasteiger partial charge in [-0.3, -0.25) is 20.4 Å². The highest BCUT2D eigenvalue weighted by molar-refractivity contribution is 7.13. The molecule has 134 valence electrons. The van der Waals surface area contributed by atoms with Crippen molar-refractivity contribution < 1.29 is 9.59 Å². The molecule has 4 aromatic rings. The van der Waals surface area contributed by atoms with Crippen LogP contribution < -0.4 is 10.9 Å². The molecule has 1 aromatic carbocycles. The third-order valence-electron chi connectivity index (χ3n) is 3.68. The standard InChI is InChI=1S/C18H14N6O2S/c25-17(13-8-4-10-19-13)21-22-18(26)15-20-16(14-9-5-11-27-14)24(23-15)12-6-2-1-3-7-12/h1-11,19H,(H,21,25)(H,22,26). The van der Waals surface area contributed by atoms with Gasteiger partial charge in [0.2, 0.25) is 5.82 Å². The van der Waals surface area contributed by atoms with Crippen molar-refractivity contribution in [2.45, 2.75) is 0 Å². The number of nitrogens with zero attached hydrogens (tertiary/aromatic N) is 3. The largest absolute Gasteiger partial charge is 0.357 e.